The van der Waals surface area contributed by atoms with Crippen molar-refractivity contribution in [3.8, 4) is 5.75 Å². The molecule has 3 rings (SSSR count). The maximum Gasteiger partial charge on any atom is 0.152 e. The van der Waals surface area contributed by atoms with E-state index >= 15 is 0 Å². The Morgan fingerprint density at radius 2 is 2.17 bits per heavy atom. The number of nitrogens with zero attached hydrogens (tertiary/aromatic N) is 2. The molecule has 4 heteroatoms. The molecular formula is C14H12N2O2. The molecule has 0 unspecified atom stereocenters. The third-order valence-corrected chi connectivity index (χ3v) is 3.19. The van der Waals surface area contributed by atoms with E-state index in [0.717, 1.165) is 34.1 Å². The highest BCUT2D eigenvalue weighted by Gasteiger charge is 2.16. The summed E-state index contributed by atoms with van der Waals surface area (Å²) in [7, 11) is 1.63. The molecule has 0 bridgehead atoms. The predicted octanol–water partition coefficient (Wildman–Crippen LogP) is 2.62. The van der Waals surface area contributed by atoms with Crippen molar-refractivity contribution >= 4 is 22.7 Å². The van der Waals surface area contributed by atoms with Gasteiger partial charge in [-0.3, -0.25) is 9.78 Å². The lowest BCUT2D eigenvalue weighted by Crippen LogP contribution is -1.92. The van der Waals surface area contributed by atoms with E-state index in [2.05, 4.69) is 4.98 Å². The van der Waals surface area contributed by atoms with Crippen LogP contribution >= 0.6 is 0 Å². The summed E-state index contributed by atoms with van der Waals surface area (Å²) in [5, 5.41) is 0.889. The highest BCUT2D eigenvalue weighted by Crippen LogP contribution is 2.32. The Kier molecular flexibility index (Phi) is 2.30. The smallest absolute Gasteiger partial charge is 0.152 e. The number of rotatable bonds is 2. The van der Waals surface area contributed by atoms with E-state index in [1.807, 2.05) is 35.7 Å². The van der Waals surface area contributed by atoms with E-state index in [-0.39, 0.29) is 0 Å². The van der Waals surface area contributed by atoms with Crippen molar-refractivity contribution in [3.05, 3.63) is 41.9 Å². The van der Waals surface area contributed by atoms with Crippen LogP contribution in [0.5, 0.6) is 5.75 Å². The van der Waals surface area contributed by atoms with Gasteiger partial charge >= 0.3 is 0 Å². The molecule has 4 nitrogen and oxygen atoms in total. The van der Waals surface area contributed by atoms with Crippen LogP contribution < -0.4 is 4.74 Å². The van der Waals surface area contributed by atoms with Gasteiger partial charge in [0.25, 0.3) is 0 Å². The standard InChI is InChI=1S/C14H12N2O2/c1-9-13-11(8-17)10-4-3-5-12(18-2)14(10)16(13)7-6-15-9/h3-8H,1-2H3. The molecule has 0 atom stereocenters. The first-order valence-corrected chi connectivity index (χ1v) is 5.65. The molecule has 18 heavy (non-hydrogen) atoms. The molecule has 0 saturated heterocycles. The number of para-hydroxylation sites is 1. The topological polar surface area (TPSA) is 43.6 Å². The fourth-order valence-corrected chi connectivity index (χ4v) is 2.43. The molecule has 90 valence electrons. The Balaban J connectivity index is 2.66. The average molecular weight is 240 g/mol. The quantitative estimate of drug-likeness (QED) is 0.647. The van der Waals surface area contributed by atoms with Crippen LogP contribution in [0.25, 0.3) is 16.4 Å². The second kappa shape index (κ2) is 3.84. The Morgan fingerprint density at radius 3 is 2.89 bits per heavy atom. The summed E-state index contributed by atoms with van der Waals surface area (Å²) in [6, 6.07) is 5.70. The first kappa shape index (κ1) is 10.8. The molecule has 0 saturated carbocycles. The van der Waals surface area contributed by atoms with E-state index in [0.29, 0.717) is 5.56 Å². The normalized spacial score (nSPS) is 11.0. The maximum absolute atomic E-state index is 11.4. The monoisotopic (exact) mass is 240 g/mol. The van der Waals surface area contributed by atoms with Gasteiger partial charge in [0.1, 0.15) is 5.75 Å². The number of aromatic nitrogens is 2. The van der Waals surface area contributed by atoms with Gasteiger partial charge in [0.15, 0.2) is 6.29 Å². The van der Waals surface area contributed by atoms with Crippen LogP contribution in [0.15, 0.2) is 30.6 Å². The number of hydrogen-bond donors (Lipinski definition) is 0. The molecule has 0 N–H and O–H groups in total. The fourth-order valence-electron chi connectivity index (χ4n) is 2.43. The summed E-state index contributed by atoms with van der Waals surface area (Å²) in [5.41, 5.74) is 3.24. The van der Waals surface area contributed by atoms with Crippen molar-refractivity contribution in [1.82, 2.24) is 9.38 Å². The van der Waals surface area contributed by atoms with Crippen molar-refractivity contribution in [2.75, 3.05) is 7.11 Å². The van der Waals surface area contributed by atoms with E-state index < -0.39 is 0 Å². The Morgan fingerprint density at radius 1 is 1.33 bits per heavy atom. The first-order valence-electron chi connectivity index (χ1n) is 5.65. The van der Waals surface area contributed by atoms with E-state index in [9.17, 15) is 4.79 Å². The van der Waals surface area contributed by atoms with Crippen LogP contribution in [0.1, 0.15) is 16.1 Å². The van der Waals surface area contributed by atoms with E-state index in [1.54, 1.807) is 13.3 Å². The van der Waals surface area contributed by atoms with Crippen molar-refractivity contribution in [1.29, 1.82) is 0 Å². The molecular weight excluding hydrogens is 228 g/mol. The summed E-state index contributed by atoms with van der Waals surface area (Å²) >= 11 is 0. The van der Waals surface area contributed by atoms with Crippen molar-refractivity contribution in [2.45, 2.75) is 6.92 Å². The molecule has 0 aliphatic rings. The zero-order valence-electron chi connectivity index (χ0n) is 10.2. The van der Waals surface area contributed by atoms with Crippen LogP contribution in [0.2, 0.25) is 0 Å². The minimum atomic E-state index is 0.662. The van der Waals surface area contributed by atoms with Gasteiger partial charge < -0.3 is 9.14 Å². The van der Waals surface area contributed by atoms with Crippen molar-refractivity contribution in [3.63, 3.8) is 0 Å². The molecule has 0 aliphatic heterocycles. The van der Waals surface area contributed by atoms with Gasteiger partial charge in [-0.25, -0.2) is 0 Å². The predicted molar refractivity (Wildman–Crippen MR) is 69.4 cm³/mol. The summed E-state index contributed by atoms with van der Waals surface area (Å²) in [6.45, 7) is 1.90. The molecule has 0 radical (unpaired) electrons. The lowest BCUT2D eigenvalue weighted by Gasteiger charge is -2.03. The second-order valence-corrected chi connectivity index (χ2v) is 4.12. The van der Waals surface area contributed by atoms with Gasteiger partial charge in [-0.15, -0.1) is 0 Å². The molecule has 0 amide bonds. The molecule has 0 fully saturated rings. The van der Waals surface area contributed by atoms with E-state index in [1.165, 1.54) is 0 Å². The second-order valence-electron chi connectivity index (χ2n) is 4.12. The molecule has 0 spiro atoms. The van der Waals surface area contributed by atoms with Crippen LogP contribution in [-0.2, 0) is 0 Å². The van der Waals surface area contributed by atoms with Gasteiger partial charge in [-0.1, -0.05) is 12.1 Å². The Labute approximate surface area is 104 Å². The van der Waals surface area contributed by atoms with Gasteiger partial charge in [-0.05, 0) is 13.0 Å². The van der Waals surface area contributed by atoms with Crippen LogP contribution in [0, 0.1) is 6.92 Å². The van der Waals surface area contributed by atoms with Gasteiger partial charge in [0.05, 0.1) is 23.8 Å². The summed E-state index contributed by atoms with van der Waals surface area (Å²) < 4.78 is 7.33. The Bertz CT molecular complexity index is 759. The van der Waals surface area contributed by atoms with Crippen molar-refractivity contribution in [2.24, 2.45) is 0 Å². The zero-order chi connectivity index (χ0) is 12.7. The molecule has 2 aromatic heterocycles. The van der Waals surface area contributed by atoms with Crippen LogP contribution in [-0.4, -0.2) is 22.8 Å². The molecule has 1 aromatic carbocycles. The lowest BCUT2D eigenvalue weighted by atomic mass is 10.1. The highest BCUT2D eigenvalue weighted by atomic mass is 16.5. The fraction of sp³-hybridized carbons (Fsp3) is 0.143. The van der Waals surface area contributed by atoms with Gasteiger partial charge in [-0.2, -0.15) is 0 Å². The maximum atomic E-state index is 11.4. The lowest BCUT2D eigenvalue weighted by molar-refractivity contribution is 0.112. The molecule has 3 aromatic rings. The zero-order valence-corrected chi connectivity index (χ0v) is 10.2. The average Bonchev–Trinajstić information content (AvgIpc) is 2.74. The number of carbonyl (C=O) groups is 1. The third-order valence-electron chi connectivity index (χ3n) is 3.19. The first-order chi connectivity index (χ1) is 8.77. The summed E-state index contributed by atoms with van der Waals surface area (Å²) in [4.78, 5) is 15.6. The Hall–Kier alpha value is -2.36. The number of methoxy groups -OCH3 is 1. The van der Waals surface area contributed by atoms with Crippen LogP contribution in [0.4, 0.5) is 0 Å². The molecule has 2 heterocycles. The number of aryl methyl sites for hydroxylation is 1. The van der Waals surface area contributed by atoms with Crippen LogP contribution in [0.3, 0.4) is 0 Å². The summed E-state index contributed by atoms with van der Waals surface area (Å²) in [5.74, 6) is 0.751. The minimum absolute atomic E-state index is 0.662. The number of benzene rings is 1. The van der Waals surface area contributed by atoms with Gasteiger partial charge in [0.2, 0.25) is 0 Å². The SMILES string of the molecule is COc1cccc2c(C=O)c3c(C)nccn3c12. The number of aldehydes is 1. The largest absolute Gasteiger partial charge is 0.495 e. The number of fused-ring (bicyclic) bond motifs is 3. The minimum Gasteiger partial charge on any atom is -0.495 e. The van der Waals surface area contributed by atoms with Crippen molar-refractivity contribution < 1.29 is 9.53 Å². The highest BCUT2D eigenvalue weighted by molar-refractivity contribution is 6.08. The number of carbonyl (C=O) groups excluding carboxylic acids is 1. The number of ether oxygens (including phenoxy) is 1. The van der Waals surface area contributed by atoms with Gasteiger partial charge in [0, 0.05) is 23.3 Å². The number of hydrogen-bond acceptors (Lipinski definition) is 3. The summed E-state index contributed by atoms with van der Waals surface area (Å²) in [6.07, 6.45) is 4.45. The molecule has 0 aliphatic carbocycles. The van der Waals surface area contributed by atoms with E-state index in [4.69, 9.17) is 4.74 Å². The third kappa shape index (κ3) is 1.26.